The van der Waals surface area contributed by atoms with Gasteiger partial charge >= 0.3 is 0 Å². The van der Waals surface area contributed by atoms with Gasteiger partial charge in [0.05, 0.1) is 10.7 Å². The molecule has 0 saturated carbocycles. The molecule has 1 aliphatic heterocycles. The van der Waals surface area contributed by atoms with Gasteiger partial charge in [0.2, 0.25) is 0 Å². The Morgan fingerprint density at radius 1 is 0.929 bits per heavy atom. The maximum absolute atomic E-state index is 9.04. The minimum atomic E-state index is 0.0966. The van der Waals surface area contributed by atoms with Gasteiger partial charge in [-0.2, -0.15) is 10.5 Å². The number of halogens is 1. The molecule has 1 heterocycles. The minimum absolute atomic E-state index is 0.0966. The largest absolute Gasteiger partial charge is 0.368 e. The Morgan fingerprint density at radius 3 is 2.18 bits per heavy atom. The van der Waals surface area contributed by atoms with E-state index in [2.05, 4.69) is 41.0 Å². The Balaban J connectivity index is 1.84. The average Bonchev–Trinajstić information content (AvgIpc) is 2.73. The van der Waals surface area contributed by atoms with E-state index >= 15 is 0 Å². The first-order valence-electron chi connectivity index (χ1n) is 9.16. The Morgan fingerprint density at radius 2 is 1.57 bits per heavy atom. The molecule has 0 radical (unpaired) electrons. The number of para-hydroxylation sites is 1. The zero-order valence-corrected chi connectivity index (χ0v) is 16.5. The number of allylic oxidation sites excluding steroid dienone is 3. The molecule has 0 N–H and O–H groups in total. The van der Waals surface area contributed by atoms with E-state index in [4.69, 9.17) is 22.1 Å². The molecule has 1 saturated heterocycles. The van der Waals surface area contributed by atoms with E-state index in [-0.39, 0.29) is 5.57 Å². The second-order valence-corrected chi connectivity index (χ2v) is 7.05. The van der Waals surface area contributed by atoms with Crippen molar-refractivity contribution in [3.63, 3.8) is 0 Å². The molecule has 0 unspecified atom stereocenters. The fourth-order valence-electron chi connectivity index (χ4n) is 3.27. The Hall–Kier alpha value is -3.21. The van der Waals surface area contributed by atoms with E-state index in [1.165, 1.54) is 5.56 Å². The number of piperazine rings is 1. The molecule has 140 valence electrons. The molecule has 0 atom stereocenters. The molecule has 2 aromatic rings. The third kappa shape index (κ3) is 4.55. The van der Waals surface area contributed by atoms with Crippen molar-refractivity contribution in [2.75, 3.05) is 31.1 Å². The zero-order chi connectivity index (χ0) is 19.9. The van der Waals surface area contributed by atoms with Gasteiger partial charge in [0.25, 0.3) is 0 Å². The number of benzene rings is 2. The van der Waals surface area contributed by atoms with E-state index in [9.17, 15) is 0 Å². The first kappa shape index (κ1) is 19.5. The number of nitriles is 2. The van der Waals surface area contributed by atoms with Crippen LogP contribution in [0.3, 0.4) is 0 Å². The highest BCUT2D eigenvalue weighted by Crippen LogP contribution is 2.28. The average molecular weight is 389 g/mol. The summed E-state index contributed by atoms with van der Waals surface area (Å²) < 4.78 is 0. The number of nitrogens with zero attached hydrogens (tertiary/aromatic N) is 4. The van der Waals surface area contributed by atoms with Crippen LogP contribution in [0, 0.1) is 29.6 Å². The molecular weight excluding hydrogens is 368 g/mol. The Bertz CT molecular complexity index is 953. The lowest BCUT2D eigenvalue weighted by Crippen LogP contribution is -2.45. The molecule has 0 bridgehead atoms. The van der Waals surface area contributed by atoms with Crippen molar-refractivity contribution in [3.05, 3.63) is 82.4 Å². The fraction of sp³-hybridized carbons (Fsp3) is 0.217. The van der Waals surface area contributed by atoms with Crippen LogP contribution in [0.1, 0.15) is 11.1 Å². The van der Waals surface area contributed by atoms with Crippen LogP contribution in [0.15, 0.2) is 66.3 Å². The lowest BCUT2D eigenvalue weighted by molar-refractivity contribution is 0.367. The van der Waals surface area contributed by atoms with Crippen LogP contribution >= 0.6 is 11.6 Å². The van der Waals surface area contributed by atoms with Crippen molar-refractivity contribution in [3.8, 4) is 12.1 Å². The van der Waals surface area contributed by atoms with E-state index < -0.39 is 0 Å². The molecule has 1 aliphatic rings. The Kier molecular flexibility index (Phi) is 6.37. The van der Waals surface area contributed by atoms with Crippen molar-refractivity contribution in [2.45, 2.75) is 6.92 Å². The number of hydrogen-bond donors (Lipinski definition) is 0. The van der Waals surface area contributed by atoms with Crippen LogP contribution in [0.4, 0.5) is 5.69 Å². The van der Waals surface area contributed by atoms with Crippen LogP contribution in [-0.2, 0) is 0 Å². The van der Waals surface area contributed by atoms with Crippen LogP contribution < -0.4 is 4.90 Å². The van der Waals surface area contributed by atoms with E-state index in [1.807, 2.05) is 42.5 Å². The number of hydrogen-bond acceptors (Lipinski definition) is 4. The maximum Gasteiger partial charge on any atom is 0.129 e. The number of anilines is 1. The van der Waals surface area contributed by atoms with Gasteiger partial charge in [-0.3, -0.25) is 0 Å². The number of rotatable bonds is 4. The normalized spacial score (nSPS) is 14.2. The van der Waals surface area contributed by atoms with E-state index in [1.54, 1.807) is 6.08 Å². The summed E-state index contributed by atoms with van der Waals surface area (Å²) in [5.74, 6) is 0. The molecule has 0 aromatic heterocycles. The number of aryl methyl sites for hydroxylation is 1. The summed E-state index contributed by atoms with van der Waals surface area (Å²) in [4.78, 5) is 4.58. The third-order valence-corrected chi connectivity index (χ3v) is 5.13. The highest BCUT2D eigenvalue weighted by molar-refractivity contribution is 6.33. The summed E-state index contributed by atoms with van der Waals surface area (Å²) in [6.45, 7) is 5.40. The summed E-state index contributed by atoms with van der Waals surface area (Å²) in [6.07, 6.45) is 3.47. The summed E-state index contributed by atoms with van der Waals surface area (Å²) in [6, 6.07) is 20.0. The molecule has 0 amide bonds. The fourth-order valence-corrected chi connectivity index (χ4v) is 3.52. The molecule has 28 heavy (non-hydrogen) atoms. The maximum atomic E-state index is 9.04. The minimum Gasteiger partial charge on any atom is -0.368 e. The summed E-state index contributed by atoms with van der Waals surface area (Å²) in [7, 11) is 0. The molecule has 3 rings (SSSR count). The van der Waals surface area contributed by atoms with Gasteiger partial charge in [0, 0.05) is 31.9 Å². The quantitative estimate of drug-likeness (QED) is 0.558. The summed E-state index contributed by atoms with van der Waals surface area (Å²) >= 11 is 6.35. The van der Waals surface area contributed by atoms with Crippen molar-refractivity contribution in [1.82, 2.24) is 4.90 Å². The van der Waals surface area contributed by atoms with E-state index in [0.717, 1.165) is 48.1 Å². The highest BCUT2D eigenvalue weighted by atomic mass is 35.5. The van der Waals surface area contributed by atoms with Crippen molar-refractivity contribution in [1.29, 1.82) is 10.5 Å². The molecule has 0 spiro atoms. The monoisotopic (exact) mass is 388 g/mol. The molecule has 5 heteroatoms. The molecule has 2 aromatic carbocycles. The van der Waals surface area contributed by atoms with Crippen molar-refractivity contribution in [2.24, 2.45) is 0 Å². The van der Waals surface area contributed by atoms with Crippen molar-refractivity contribution >= 4 is 23.0 Å². The lowest BCUT2D eigenvalue weighted by atomic mass is 10.1. The van der Waals surface area contributed by atoms with Crippen molar-refractivity contribution < 1.29 is 0 Å². The van der Waals surface area contributed by atoms with E-state index in [0.29, 0.717) is 0 Å². The van der Waals surface area contributed by atoms with Gasteiger partial charge in [-0.05, 0) is 36.8 Å². The summed E-state index contributed by atoms with van der Waals surface area (Å²) in [5.41, 5.74) is 4.43. The first-order chi connectivity index (χ1) is 13.6. The topological polar surface area (TPSA) is 54.1 Å². The third-order valence-electron chi connectivity index (χ3n) is 4.81. The van der Waals surface area contributed by atoms with Crippen LogP contribution in [-0.4, -0.2) is 31.1 Å². The van der Waals surface area contributed by atoms with Gasteiger partial charge in [-0.15, -0.1) is 0 Å². The zero-order valence-electron chi connectivity index (χ0n) is 15.8. The second-order valence-electron chi connectivity index (χ2n) is 6.65. The molecule has 1 fully saturated rings. The predicted molar refractivity (Wildman–Crippen MR) is 114 cm³/mol. The van der Waals surface area contributed by atoms with Gasteiger partial charge in [0.1, 0.15) is 17.7 Å². The molecule has 4 nitrogen and oxygen atoms in total. The standard InChI is InChI=1S/C23H21ClN4/c1-18-6-9-20(10-7-18)22(11-8-19(16-25)17-26)27-12-14-28(15-13-27)23-5-3-2-4-21(23)24/h2-11H,12-15H2,1H3. The highest BCUT2D eigenvalue weighted by Gasteiger charge is 2.21. The first-order valence-corrected chi connectivity index (χ1v) is 9.54. The SMILES string of the molecule is Cc1ccc(C(=CC=C(C#N)C#N)N2CCN(c3ccccc3Cl)CC2)cc1. The van der Waals surface area contributed by atoms with Crippen LogP contribution in [0.2, 0.25) is 5.02 Å². The lowest BCUT2D eigenvalue weighted by Gasteiger charge is -2.39. The molecular formula is C23H21ClN4. The van der Waals surface area contributed by atoms with Gasteiger partial charge in [-0.1, -0.05) is 53.6 Å². The predicted octanol–water partition coefficient (Wildman–Crippen LogP) is 4.79. The Labute approximate surface area is 171 Å². The van der Waals surface area contributed by atoms with Gasteiger partial charge < -0.3 is 9.80 Å². The van der Waals surface area contributed by atoms with Gasteiger partial charge in [0.15, 0.2) is 0 Å². The van der Waals surface area contributed by atoms with Gasteiger partial charge in [-0.25, -0.2) is 0 Å². The van der Waals surface area contributed by atoms with Crippen LogP contribution in [0.25, 0.3) is 5.70 Å². The molecule has 0 aliphatic carbocycles. The summed E-state index contributed by atoms with van der Waals surface area (Å²) in [5, 5.41) is 18.8. The smallest absolute Gasteiger partial charge is 0.129 e. The van der Waals surface area contributed by atoms with Crippen LogP contribution in [0.5, 0.6) is 0 Å². The second kappa shape index (κ2) is 9.13.